The maximum absolute atomic E-state index is 13.0. The van der Waals surface area contributed by atoms with E-state index >= 15 is 0 Å². The molecule has 134 valence electrons. The van der Waals surface area contributed by atoms with Crippen LogP contribution in [0.2, 0.25) is 0 Å². The van der Waals surface area contributed by atoms with Gasteiger partial charge in [-0.05, 0) is 49.1 Å². The van der Waals surface area contributed by atoms with Gasteiger partial charge in [0.2, 0.25) is 5.89 Å². The first kappa shape index (κ1) is 16.0. The Hall–Kier alpha value is -2.21. The van der Waals surface area contributed by atoms with Crippen molar-refractivity contribution in [1.29, 1.82) is 0 Å². The minimum absolute atomic E-state index is 0.153. The molecule has 5 rings (SSSR count). The fourth-order valence-corrected chi connectivity index (χ4v) is 4.80. The molecule has 1 saturated heterocycles. The lowest BCUT2D eigenvalue weighted by molar-refractivity contribution is 0.0673. The van der Waals surface area contributed by atoms with Gasteiger partial charge in [0.05, 0.1) is 4.88 Å². The van der Waals surface area contributed by atoms with Crippen molar-refractivity contribution in [3.05, 3.63) is 46.9 Å². The Bertz CT molecular complexity index is 910. The number of hydrogen-bond acceptors (Lipinski definition) is 5. The maximum atomic E-state index is 13.0. The zero-order valence-electron chi connectivity index (χ0n) is 14.6. The summed E-state index contributed by atoms with van der Waals surface area (Å²) in [4.78, 5) is 20.3. The van der Waals surface area contributed by atoms with Crippen LogP contribution in [0.4, 0.5) is 0 Å². The van der Waals surface area contributed by atoms with E-state index in [4.69, 9.17) is 4.52 Å². The highest BCUT2D eigenvalue weighted by atomic mass is 32.1. The molecular weight excluding hydrogens is 346 g/mol. The lowest BCUT2D eigenvalue weighted by Gasteiger charge is -2.31. The number of carbonyl (C=O) groups is 1. The number of piperidine rings is 1. The predicted octanol–water partition coefficient (Wildman–Crippen LogP) is 4.26. The molecule has 3 aromatic rings. The van der Waals surface area contributed by atoms with Crippen molar-refractivity contribution in [2.45, 2.75) is 38.0 Å². The van der Waals surface area contributed by atoms with Crippen molar-refractivity contribution in [1.82, 2.24) is 15.0 Å². The number of aromatic nitrogens is 2. The summed E-state index contributed by atoms with van der Waals surface area (Å²) in [5, 5.41) is 5.25. The molecule has 0 unspecified atom stereocenters. The Morgan fingerprint density at radius 1 is 1.27 bits per heavy atom. The lowest BCUT2D eigenvalue weighted by atomic mass is 9.94. The fourth-order valence-electron chi connectivity index (χ4n) is 3.76. The molecule has 1 aliphatic heterocycles. The van der Waals surface area contributed by atoms with E-state index < -0.39 is 0 Å². The van der Waals surface area contributed by atoms with Gasteiger partial charge in [0.15, 0.2) is 5.82 Å². The summed E-state index contributed by atoms with van der Waals surface area (Å²) < 4.78 is 6.60. The van der Waals surface area contributed by atoms with Gasteiger partial charge in [-0.15, -0.1) is 11.3 Å². The molecule has 1 amide bonds. The van der Waals surface area contributed by atoms with Gasteiger partial charge in [-0.25, -0.2) is 0 Å². The summed E-state index contributed by atoms with van der Waals surface area (Å²) in [7, 11) is 0. The van der Waals surface area contributed by atoms with Crippen molar-refractivity contribution in [2.75, 3.05) is 13.1 Å². The molecule has 1 atom stereocenters. The molecule has 1 aromatic carbocycles. The average molecular weight is 367 g/mol. The second-order valence-corrected chi connectivity index (χ2v) is 8.52. The topological polar surface area (TPSA) is 59.2 Å². The van der Waals surface area contributed by atoms with Crippen LogP contribution in [0.25, 0.3) is 10.1 Å². The third-order valence-corrected chi connectivity index (χ3v) is 6.44. The van der Waals surface area contributed by atoms with Crippen LogP contribution in [0.15, 0.2) is 34.9 Å². The van der Waals surface area contributed by atoms with Crippen LogP contribution in [0.1, 0.15) is 53.0 Å². The molecule has 0 N–H and O–H groups in total. The first-order valence-electron chi connectivity index (χ1n) is 9.36. The standard InChI is InChI=1S/C20H21N3O2S/c24-20(17-11-15-5-1-2-6-16(15)26-17)23-9-3-4-13(12-23)10-18-21-19(22-25-18)14-7-8-14/h1-2,5-6,11,13-14H,3-4,7-10,12H2/t13-/m0/s1. The normalized spacial score (nSPS) is 20.6. The highest BCUT2D eigenvalue weighted by Crippen LogP contribution is 2.38. The minimum atomic E-state index is 0.153. The third-order valence-electron chi connectivity index (χ3n) is 5.33. The average Bonchev–Trinajstić information content (AvgIpc) is 3.26. The Morgan fingerprint density at radius 3 is 3.00 bits per heavy atom. The van der Waals surface area contributed by atoms with Gasteiger partial charge in [0.25, 0.3) is 5.91 Å². The summed E-state index contributed by atoms with van der Waals surface area (Å²) in [6, 6.07) is 10.2. The van der Waals surface area contributed by atoms with Gasteiger partial charge >= 0.3 is 0 Å². The largest absolute Gasteiger partial charge is 0.339 e. The number of fused-ring (bicyclic) bond motifs is 1. The molecule has 0 bridgehead atoms. The van der Waals surface area contributed by atoms with Crippen molar-refractivity contribution in [2.24, 2.45) is 5.92 Å². The number of benzene rings is 1. The number of nitrogens with zero attached hydrogens (tertiary/aromatic N) is 3. The number of carbonyl (C=O) groups excluding carboxylic acids is 1. The molecule has 0 spiro atoms. The Balaban J connectivity index is 1.27. The monoisotopic (exact) mass is 367 g/mol. The highest BCUT2D eigenvalue weighted by Gasteiger charge is 2.30. The van der Waals surface area contributed by atoms with Crippen molar-refractivity contribution >= 4 is 27.3 Å². The van der Waals surface area contributed by atoms with E-state index in [0.29, 0.717) is 11.8 Å². The van der Waals surface area contributed by atoms with Crippen LogP contribution in [-0.4, -0.2) is 34.0 Å². The molecular formula is C20H21N3O2S. The number of amides is 1. The SMILES string of the molecule is O=C(c1cc2ccccc2s1)N1CCC[C@@H](Cc2nc(C3CC3)no2)C1. The van der Waals surface area contributed by atoms with Crippen LogP contribution >= 0.6 is 11.3 Å². The van der Waals surface area contributed by atoms with Crippen molar-refractivity contribution < 1.29 is 9.32 Å². The van der Waals surface area contributed by atoms with Gasteiger partial charge < -0.3 is 9.42 Å². The summed E-state index contributed by atoms with van der Waals surface area (Å²) in [6.45, 7) is 1.61. The lowest BCUT2D eigenvalue weighted by Crippen LogP contribution is -2.40. The summed E-state index contributed by atoms with van der Waals surface area (Å²) >= 11 is 1.59. The number of hydrogen-bond donors (Lipinski definition) is 0. The second kappa shape index (κ2) is 6.50. The van der Waals surface area contributed by atoms with E-state index in [1.54, 1.807) is 11.3 Å². The van der Waals surface area contributed by atoms with Gasteiger partial charge in [-0.1, -0.05) is 23.4 Å². The summed E-state index contributed by atoms with van der Waals surface area (Å²) in [5.41, 5.74) is 0. The van der Waals surface area contributed by atoms with E-state index in [1.165, 1.54) is 17.5 Å². The third kappa shape index (κ3) is 3.14. The molecule has 5 nitrogen and oxygen atoms in total. The zero-order valence-corrected chi connectivity index (χ0v) is 15.4. The quantitative estimate of drug-likeness (QED) is 0.691. The molecule has 0 radical (unpaired) electrons. The zero-order chi connectivity index (χ0) is 17.5. The van der Waals surface area contributed by atoms with E-state index in [1.807, 2.05) is 23.1 Å². The van der Waals surface area contributed by atoms with E-state index in [9.17, 15) is 4.79 Å². The second-order valence-electron chi connectivity index (χ2n) is 7.43. The van der Waals surface area contributed by atoms with Gasteiger partial charge in [-0.3, -0.25) is 4.79 Å². The van der Waals surface area contributed by atoms with E-state index in [2.05, 4.69) is 22.3 Å². The number of thiophene rings is 1. The van der Waals surface area contributed by atoms with E-state index in [0.717, 1.165) is 54.3 Å². The van der Waals surface area contributed by atoms with Gasteiger partial charge in [-0.2, -0.15) is 4.98 Å². The van der Waals surface area contributed by atoms with Crippen molar-refractivity contribution in [3.63, 3.8) is 0 Å². The number of likely N-dealkylation sites (tertiary alicyclic amines) is 1. The minimum Gasteiger partial charge on any atom is -0.339 e. The Kier molecular flexibility index (Phi) is 4.00. The molecule has 3 heterocycles. The van der Waals surface area contributed by atoms with Gasteiger partial charge in [0, 0.05) is 30.1 Å². The maximum Gasteiger partial charge on any atom is 0.263 e. The first-order valence-corrected chi connectivity index (χ1v) is 10.2. The summed E-state index contributed by atoms with van der Waals surface area (Å²) in [6.07, 6.45) is 5.28. The predicted molar refractivity (Wildman–Crippen MR) is 100 cm³/mol. The molecule has 1 saturated carbocycles. The van der Waals surface area contributed by atoms with Crippen LogP contribution < -0.4 is 0 Å². The fraction of sp³-hybridized carbons (Fsp3) is 0.450. The van der Waals surface area contributed by atoms with Crippen LogP contribution in [-0.2, 0) is 6.42 Å². The Morgan fingerprint density at radius 2 is 2.15 bits per heavy atom. The van der Waals surface area contributed by atoms with E-state index in [-0.39, 0.29) is 5.91 Å². The Labute approximate surface area is 156 Å². The first-order chi connectivity index (χ1) is 12.8. The molecule has 2 fully saturated rings. The van der Waals surface area contributed by atoms with Crippen molar-refractivity contribution in [3.8, 4) is 0 Å². The molecule has 2 aromatic heterocycles. The van der Waals surface area contributed by atoms with Gasteiger partial charge in [0.1, 0.15) is 0 Å². The molecule has 26 heavy (non-hydrogen) atoms. The molecule has 6 heteroatoms. The van der Waals surface area contributed by atoms with Crippen LogP contribution in [0.5, 0.6) is 0 Å². The smallest absolute Gasteiger partial charge is 0.263 e. The molecule has 2 aliphatic rings. The molecule has 1 aliphatic carbocycles. The van der Waals surface area contributed by atoms with Crippen LogP contribution in [0.3, 0.4) is 0 Å². The number of rotatable bonds is 4. The summed E-state index contributed by atoms with van der Waals surface area (Å²) in [5.74, 6) is 2.67. The highest BCUT2D eigenvalue weighted by molar-refractivity contribution is 7.20. The van der Waals surface area contributed by atoms with Crippen LogP contribution in [0, 0.1) is 5.92 Å².